The number of nitrogens with zero attached hydrogens (tertiary/aromatic N) is 2. The lowest BCUT2D eigenvalue weighted by molar-refractivity contribution is 0.105. The van der Waals surface area contributed by atoms with Gasteiger partial charge in [0, 0.05) is 37.3 Å². The Morgan fingerprint density at radius 2 is 2.19 bits per heavy atom. The number of ether oxygens (including phenoxy) is 1. The van der Waals surface area contributed by atoms with Crippen molar-refractivity contribution in [2.45, 2.75) is 46.1 Å². The second-order valence-corrected chi connectivity index (χ2v) is 6.96. The molecule has 0 radical (unpaired) electrons. The van der Waals surface area contributed by atoms with Gasteiger partial charge < -0.3 is 19.8 Å². The molecule has 0 unspecified atom stereocenters. The Morgan fingerprint density at radius 3 is 2.89 bits per heavy atom. The van der Waals surface area contributed by atoms with Crippen LogP contribution in [0.3, 0.4) is 0 Å². The first-order valence-electron chi connectivity index (χ1n) is 9.31. The molecule has 0 bridgehead atoms. The standard InChI is InChI=1S/C19H30N4O2S.HI/c1-3-20-19(21-10-5-4-9-18-23-16(2)15-26-18)22-11-7-12-24-14-17-8-6-13-25-17;/h6,8,13,15H,3-5,7,9-12,14H2,1-2H3,(H2,20,21,22);1H. The first-order chi connectivity index (χ1) is 12.8. The summed E-state index contributed by atoms with van der Waals surface area (Å²) < 4.78 is 10.8. The Bertz CT molecular complexity index is 631. The molecule has 0 aliphatic heterocycles. The van der Waals surface area contributed by atoms with Crippen LogP contribution in [0.15, 0.2) is 33.2 Å². The lowest BCUT2D eigenvalue weighted by Crippen LogP contribution is -2.37. The van der Waals surface area contributed by atoms with E-state index in [-0.39, 0.29) is 24.0 Å². The fourth-order valence-electron chi connectivity index (χ4n) is 2.39. The molecule has 27 heavy (non-hydrogen) atoms. The van der Waals surface area contributed by atoms with Crippen molar-refractivity contribution in [3.8, 4) is 0 Å². The molecule has 2 rings (SSSR count). The fraction of sp³-hybridized carbons (Fsp3) is 0.579. The number of hydrogen-bond acceptors (Lipinski definition) is 5. The average molecular weight is 506 g/mol. The average Bonchev–Trinajstić information content (AvgIpc) is 3.29. The zero-order chi connectivity index (χ0) is 18.5. The molecule has 2 N–H and O–H groups in total. The highest BCUT2D eigenvalue weighted by Gasteiger charge is 2.00. The van der Waals surface area contributed by atoms with E-state index in [1.54, 1.807) is 17.6 Å². The number of halogens is 1. The van der Waals surface area contributed by atoms with Gasteiger partial charge in [-0.2, -0.15) is 0 Å². The highest BCUT2D eigenvalue weighted by atomic mass is 127. The summed E-state index contributed by atoms with van der Waals surface area (Å²) in [5.41, 5.74) is 1.12. The molecule has 152 valence electrons. The van der Waals surface area contributed by atoms with Crippen molar-refractivity contribution in [2.24, 2.45) is 4.99 Å². The molecule has 0 aliphatic carbocycles. The van der Waals surface area contributed by atoms with Gasteiger partial charge in [0.2, 0.25) is 0 Å². The molecule has 2 aromatic heterocycles. The monoisotopic (exact) mass is 506 g/mol. The number of nitrogens with one attached hydrogen (secondary N) is 2. The number of guanidine groups is 1. The maximum Gasteiger partial charge on any atom is 0.191 e. The van der Waals surface area contributed by atoms with Gasteiger partial charge in [0.1, 0.15) is 12.4 Å². The number of thiazole rings is 1. The van der Waals surface area contributed by atoms with Crippen molar-refractivity contribution in [3.05, 3.63) is 40.2 Å². The molecular formula is C19H31IN4O2S. The number of aryl methyl sites for hydroxylation is 2. The Kier molecular flexibility index (Phi) is 13.2. The summed E-state index contributed by atoms with van der Waals surface area (Å²) in [7, 11) is 0. The first kappa shape index (κ1) is 23.9. The van der Waals surface area contributed by atoms with Gasteiger partial charge in [-0.05, 0) is 51.7 Å². The van der Waals surface area contributed by atoms with Gasteiger partial charge in [0.25, 0.3) is 0 Å². The van der Waals surface area contributed by atoms with Crippen LogP contribution in [0.2, 0.25) is 0 Å². The van der Waals surface area contributed by atoms with E-state index in [2.05, 4.69) is 32.9 Å². The minimum absolute atomic E-state index is 0. The summed E-state index contributed by atoms with van der Waals surface area (Å²) in [6.07, 6.45) is 5.85. The number of aliphatic imine (C=N–C) groups is 1. The summed E-state index contributed by atoms with van der Waals surface area (Å²) in [4.78, 5) is 9.09. The Labute approximate surface area is 183 Å². The van der Waals surface area contributed by atoms with Crippen LogP contribution in [0.1, 0.15) is 42.6 Å². The van der Waals surface area contributed by atoms with E-state index in [4.69, 9.17) is 9.15 Å². The number of furan rings is 1. The van der Waals surface area contributed by atoms with Crippen LogP contribution in [0.5, 0.6) is 0 Å². The van der Waals surface area contributed by atoms with E-state index < -0.39 is 0 Å². The zero-order valence-corrected chi connectivity index (χ0v) is 19.3. The van der Waals surface area contributed by atoms with E-state index in [9.17, 15) is 0 Å². The molecule has 8 heteroatoms. The second-order valence-electron chi connectivity index (χ2n) is 6.01. The third-order valence-corrected chi connectivity index (χ3v) is 4.69. The highest BCUT2D eigenvalue weighted by molar-refractivity contribution is 14.0. The summed E-state index contributed by atoms with van der Waals surface area (Å²) in [6.45, 7) is 7.85. The molecule has 0 atom stereocenters. The van der Waals surface area contributed by atoms with E-state index in [1.165, 1.54) is 5.01 Å². The van der Waals surface area contributed by atoms with E-state index in [0.29, 0.717) is 13.2 Å². The molecule has 0 saturated carbocycles. The van der Waals surface area contributed by atoms with Crippen LogP contribution in [-0.2, 0) is 17.8 Å². The Morgan fingerprint density at radius 1 is 1.30 bits per heavy atom. The molecule has 2 aromatic rings. The third-order valence-electron chi connectivity index (χ3n) is 3.66. The van der Waals surface area contributed by atoms with Gasteiger partial charge in [-0.1, -0.05) is 0 Å². The normalized spacial score (nSPS) is 11.3. The van der Waals surface area contributed by atoms with Crippen molar-refractivity contribution in [1.29, 1.82) is 0 Å². The molecule has 0 amide bonds. The van der Waals surface area contributed by atoms with Gasteiger partial charge in [0.05, 0.1) is 11.3 Å². The van der Waals surface area contributed by atoms with E-state index >= 15 is 0 Å². The zero-order valence-electron chi connectivity index (χ0n) is 16.2. The number of hydrogen-bond donors (Lipinski definition) is 2. The lowest BCUT2D eigenvalue weighted by Gasteiger charge is -2.11. The van der Waals surface area contributed by atoms with Crippen LogP contribution in [0, 0.1) is 6.92 Å². The minimum atomic E-state index is 0. The van der Waals surface area contributed by atoms with Crippen LogP contribution in [0.25, 0.3) is 0 Å². The SMILES string of the molecule is CCNC(=NCCCOCc1ccco1)NCCCCc1nc(C)cs1.I. The van der Waals surface area contributed by atoms with E-state index in [1.807, 2.05) is 19.1 Å². The summed E-state index contributed by atoms with van der Waals surface area (Å²) >= 11 is 1.75. The summed E-state index contributed by atoms with van der Waals surface area (Å²) in [6, 6.07) is 3.79. The molecule has 0 saturated heterocycles. The van der Waals surface area contributed by atoms with Gasteiger partial charge in [0.15, 0.2) is 5.96 Å². The first-order valence-corrected chi connectivity index (χ1v) is 10.2. The lowest BCUT2D eigenvalue weighted by atomic mass is 10.2. The Hall–Kier alpha value is -1.13. The van der Waals surface area contributed by atoms with Gasteiger partial charge in [-0.15, -0.1) is 35.3 Å². The highest BCUT2D eigenvalue weighted by Crippen LogP contribution is 2.11. The van der Waals surface area contributed by atoms with Crippen molar-refractivity contribution in [3.63, 3.8) is 0 Å². The quantitative estimate of drug-likeness (QED) is 0.196. The summed E-state index contributed by atoms with van der Waals surface area (Å²) in [5, 5.41) is 10.0. The van der Waals surface area contributed by atoms with E-state index in [0.717, 1.165) is 62.7 Å². The largest absolute Gasteiger partial charge is 0.467 e. The molecule has 6 nitrogen and oxygen atoms in total. The second kappa shape index (κ2) is 14.9. The maximum absolute atomic E-state index is 5.57. The maximum atomic E-state index is 5.57. The van der Waals surface area contributed by atoms with Crippen molar-refractivity contribution < 1.29 is 9.15 Å². The Balaban J connectivity index is 0.00000364. The van der Waals surface area contributed by atoms with Crippen LogP contribution in [0.4, 0.5) is 0 Å². The predicted molar refractivity (Wildman–Crippen MR) is 122 cm³/mol. The molecule has 0 spiro atoms. The molecular weight excluding hydrogens is 475 g/mol. The topological polar surface area (TPSA) is 71.7 Å². The van der Waals surface area contributed by atoms with Crippen molar-refractivity contribution >= 4 is 41.3 Å². The predicted octanol–water partition coefficient (Wildman–Crippen LogP) is 4.15. The molecule has 0 aliphatic rings. The van der Waals surface area contributed by atoms with Crippen LogP contribution in [-0.4, -0.2) is 37.2 Å². The number of unbranched alkanes of at least 4 members (excludes halogenated alkanes) is 1. The van der Waals surface area contributed by atoms with Crippen molar-refractivity contribution in [2.75, 3.05) is 26.2 Å². The van der Waals surface area contributed by atoms with Gasteiger partial charge in [-0.25, -0.2) is 4.98 Å². The molecule has 0 aromatic carbocycles. The van der Waals surface area contributed by atoms with Gasteiger partial charge >= 0.3 is 0 Å². The van der Waals surface area contributed by atoms with Crippen LogP contribution < -0.4 is 10.6 Å². The fourth-order valence-corrected chi connectivity index (χ4v) is 3.21. The summed E-state index contributed by atoms with van der Waals surface area (Å²) in [5.74, 6) is 1.74. The molecule has 0 fully saturated rings. The third kappa shape index (κ3) is 10.7. The van der Waals surface area contributed by atoms with Crippen molar-refractivity contribution in [1.82, 2.24) is 15.6 Å². The number of aromatic nitrogens is 1. The number of rotatable bonds is 12. The van der Waals surface area contributed by atoms with Crippen LogP contribution >= 0.6 is 35.3 Å². The smallest absolute Gasteiger partial charge is 0.191 e. The minimum Gasteiger partial charge on any atom is -0.467 e. The van der Waals surface area contributed by atoms with Gasteiger partial charge in [-0.3, -0.25) is 4.99 Å². The molecule has 2 heterocycles.